The summed E-state index contributed by atoms with van der Waals surface area (Å²) in [6.45, 7) is 27.7. The Kier molecular flexibility index (Phi) is 34.2. The molecule has 26 heteroatoms. The number of carbonyl (C=O) groups is 12. The zero-order valence-electron chi connectivity index (χ0n) is 58.7. The SMILES string of the molecule is CC[C@@H]1NC(=O)[C@H]([C@H](O)[C@H](C)CCCC(=O)NCCN)N(C)C(=O)[C@H](C(C)C)N(C)C(=O)[C@H](CC(C)C)N(C)C(=O)[C@H](CC(C)C)N(C)C(=O)[C@@H](C)NC(=O)[C@H](C)NC(=O)[C@H](CC(C)C)N(C)C(=O)[C@H](C(C)C)NC(=O)[C@H](CC(C)C)N(C)C(=O)CN(C)C1=O. The lowest BCUT2D eigenvalue weighted by Crippen LogP contribution is -2.63. The number of likely N-dealkylation sites (N-methyl/N-ethyl adjacent to an activating group) is 7. The molecule has 1 aliphatic heterocycles. The molecule has 1 heterocycles. The van der Waals surface area contributed by atoms with Gasteiger partial charge in [0.1, 0.15) is 60.4 Å². The fourth-order valence-electron chi connectivity index (χ4n) is 11.2. The first-order chi connectivity index (χ1) is 41.6. The number of nitrogens with two attached hydrogens (primary N) is 1. The van der Waals surface area contributed by atoms with Crippen LogP contribution in [0, 0.1) is 41.4 Å². The van der Waals surface area contributed by atoms with Crippen LogP contribution >= 0.6 is 0 Å². The number of hydrogen-bond acceptors (Lipinski definition) is 14. The lowest BCUT2D eigenvalue weighted by Gasteiger charge is -2.41. The largest absolute Gasteiger partial charge is 0.390 e. The lowest BCUT2D eigenvalue weighted by atomic mass is 9.90. The molecule has 1 saturated heterocycles. The molecule has 12 atom stereocenters. The highest BCUT2D eigenvalue weighted by molar-refractivity contribution is 5.99. The van der Waals surface area contributed by atoms with Crippen LogP contribution in [0.4, 0.5) is 0 Å². The highest BCUT2D eigenvalue weighted by Gasteiger charge is 2.46. The van der Waals surface area contributed by atoms with Gasteiger partial charge in [0.15, 0.2) is 0 Å². The molecule has 1 aliphatic rings. The van der Waals surface area contributed by atoms with Crippen molar-refractivity contribution in [3.8, 4) is 0 Å². The molecule has 0 aliphatic carbocycles. The molecule has 12 amide bonds. The summed E-state index contributed by atoms with van der Waals surface area (Å²) >= 11 is 0. The molecule has 26 nitrogen and oxygen atoms in total. The van der Waals surface area contributed by atoms with Crippen molar-refractivity contribution in [2.24, 2.45) is 47.2 Å². The zero-order valence-corrected chi connectivity index (χ0v) is 58.7. The average molecular weight is 1280 g/mol. The van der Waals surface area contributed by atoms with Crippen LogP contribution < -0.4 is 32.3 Å². The van der Waals surface area contributed by atoms with Crippen LogP contribution in [-0.2, 0) is 57.5 Å². The summed E-state index contributed by atoms with van der Waals surface area (Å²) in [6, 6.07) is -12.7. The van der Waals surface area contributed by atoms with Crippen molar-refractivity contribution in [1.82, 2.24) is 60.9 Å². The van der Waals surface area contributed by atoms with Gasteiger partial charge >= 0.3 is 0 Å². The molecule has 0 spiro atoms. The van der Waals surface area contributed by atoms with Crippen LogP contribution in [0.2, 0.25) is 0 Å². The van der Waals surface area contributed by atoms with Gasteiger partial charge in [-0.25, -0.2) is 0 Å². The first-order valence-corrected chi connectivity index (χ1v) is 32.3. The molecule has 0 aromatic carbocycles. The minimum absolute atomic E-state index is 0.0195. The van der Waals surface area contributed by atoms with E-state index in [0.29, 0.717) is 0 Å². The quantitative estimate of drug-likeness (QED) is 0.0966. The Balaban J connectivity index is 4.34. The van der Waals surface area contributed by atoms with Crippen molar-refractivity contribution < 1.29 is 62.6 Å². The lowest BCUT2D eigenvalue weighted by molar-refractivity contribution is -0.157. The number of amides is 12. The summed E-state index contributed by atoms with van der Waals surface area (Å²) in [4.78, 5) is 182. The Morgan fingerprint density at radius 3 is 1.41 bits per heavy atom. The van der Waals surface area contributed by atoms with Crippen LogP contribution in [0.15, 0.2) is 0 Å². The average Bonchev–Trinajstić information content (AvgIpc) is 1.04. The summed E-state index contributed by atoms with van der Waals surface area (Å²) in [6.07, 6.45) is -0.524. The Bertz CT molecular complexity index is 2440. The van der Waals surface area contributed by atoms with Crippen molar-refractivity contribution >= 4 is 70.9 Å². The molecule has 0 unspecified atom stereocenters. The van der Waals surface area contributed by atoms with E-state index in [9.17, 15) is 48.3 Å². The summed E-state index contributed by atoms with van der Waals surface area (Å²) in [7, 11) is 9.78. The fourth-order valence-corrected chi connectivity index (χ4v) is 11.2. The molecule has 90 heavy (non-hydrogen) atoms. The standard InChI is InChI=1S/C64H117N13O13/c1-24-44-60(86)71(17)34-50(79)72(18)45(30-35(2)3)57(83)70-51(39(10)11)63(89)73(19)46(31-36(4)5)56(82)67-42(15)55(81)68-43(16)59(85)74(20)47(32-37(6)7)61(87)75(21)48(33-38(8)9)62(88)76(22)52(40(12)13)64(90)77(23)53(58(84)69-44)54(80)41(14)26-25-27-49(78)66-29-28-65/h35-48,51-54,80H,24-34,65H2,1-23H3,(H,66,78)(H,67,82)(H,68,81)(H,69,84)(H,70,83)/t41-,42+,43-,44+,45+,46+,47+,48+,51+,52+,53+,54-/m1/s1. The molecule has 0 aromatic rings. The van der Waals surface area contributed by atoms with Crippen LogP contribution in [0.1, 0.15) is 162 Å². The maximum Gasteiger partial charge on any atom is 0.246 e. The number of aliphatic hydroxyl groups excluding tert-OH is 1. The molecular formula is C64H117N13O13. The van der Waals surface area contributed by atoms with E-state index >= 15 is 14.4 Å². The van der Waals surface area contributed by atoms with Gasteiger partial charge in [-0.15, -0.1) is 0 Å². The maximum absolute atomic E-state index is 15.3. The van der Waals surface area contributed by atoms with Crippen LogP contribution in [0.3, 0.4) is 0 Å². The Hall–Kier alpha value is -6.44. The number of aliphatic hydroxyl groups is 1. The minimum atomic E-state index is -1.70. The molecule has 8 N–H and O–H groups in total. The summed E-state index contributed by atoms with van der Waals surface area (Å²) in [5.41, 5.74) is 5.56. The third-order valence-corrected chi connectivity index (χ3v) is 16.9. The third-order valence-electron chi connectivity index (χ3n) is 16.9. The first kappa shape index (κ1) is 81.6. The normalized spacial score (nSPS) is 25.9. The first-order valence-electron chi connectivity index (χ1n) is 32.3. The fraction of sp³-hybridized carbons (Fsp3) is 0.812. The number of nitrogens with one attached hydrogen (secondary N) is 5. The minimum Gasteiger partial charge on any atom is -0.390 e. The maximum atomic E-state index is 15.3. The van der Waals surface area contributed by atoms with Gasteiger partial charge < -0.3 is 71.7 Å². The molecule has 0 bridgehead atoms. The second kappa shape index (κ2) is 37.8. The second-order valence-corrected chi connectivity index (χ2v) is 27.3. The van der Waals surface area contributed by atoms with E-state index in [1.165, 1.54) is 87.7 Å². The van der Waals surface area contributed by atoms with Crippen molar-refractivity contribution in [3.63, 3.8) is 0 Å². The molecule has 0 aromatic heterocycles. The summed E-state index contributed by atoms with van der Waals surface area (Å²) in [5.74, 6) is -10.6. The van der Waals surface area contributed by atoms with Crippen LogP contribution in [0.5, 0.6) is 0 Å². The van der Waals surface area contributed by atoms with E-state index in [1.807, 2.05) is 55.4 Å². The smallest absolute Gasteiger partial charge is 0.246 e. The van der Waals surface area contributed by atoms with Crippen molar-refractivity contribution in [1.29, 1.82) is 0 Å². The van der Waals surface area contributed by atoms with E-state index in [4.69, 9.17) is 5.73 Å². The number of carbonyl (C=O) groups excluding carboxylic acids is 12. The molecule has 1 fully saturated rings. The molecule has 0 radical (unpaired) electrons. The van der Waals surface area contributed by atoms with E-state index in [-0.39, 0.29) is 94.0 Å². The van der Waals surface area contributed by atoms with Gasteiger partial charge in [-0.1, -0.05) is 96.9 Å². The monoisotopic (exact) mass is 1280 g/mol. The zero-order chi connectivity index (χ0) is 69.7. The number of nitrogens with zero attached hydrogens (tertiary/aromatic N) is 7. The van der Waals surface area contributed by atoms with Crippen LogP contribution in [-0.4, -0.2) is 246 Å². The number of rotatable bonds is 19. The Morgan fingerprint density at radius 1 is 0.511 bits per heavy atom. The third kappa shape index (κ3) is 23.7. The number of hydrogen-bond donors (Lipinski definition) is 7. The van der Waals surface area contributed by atoms with Gasteiger partial charge in [-0.2, -0.15) is 0 Å². The van der Waals surface area contributed by atoms with Gasteiger partial charge in [0.2, 0.25) is 70.9 Å². The van der Waals surface area contributed by atoms with E-state index in [1.54, 1.807) is 41.5 Å². The molecule has 0 saturated carbocycles. The van der Waals surface area contributed by atoms with E-state index in [0.717, 1.165) is 9.80 Å². The topological polar surface area (TPSA) is 334 Å². The molecule has 1 rings (SSSR count). The molecule has 516 valence electrons. The predicted octanol–water partition coefficient (Wildman–Crippen LogP) is 1.55. The van der Waals surface area contributed by atoms with Crippen molar-refractivity contribution in [2.75, 3.05) is 69.0 Å². The van der Waals surface area contributed by atoms with Crippen molar-refractivity contribution in [2.45, 2.75) is 229 Å². The van der Waals surface area contributed by atoms with Gasteiger partial charge in [-0.05, 0) is 100 Å². The van der Waals surface area contributed by atoms with Crippen molar-refractivity contribution in [3.05, 3.63) is 0 Å². The van der Waals surface area contributed by atoms with E-state index in [2.05, 4.69) is 26.6 Å². The second-order valence-electron chi connectivity index (χ2n) is 27.3. The van der Waals surface area contributed by atoms with Gasteiger partial charge in [0.05, 0.1) is 12.6 Å². The Labute approximate surface area is 537 Å². The van der Waals surface area contributed by atoms with Gasteiger partial charge in [0, 0.05) is 68.8 Å². The van der Waals surface area contributed by atoms with Gasteiger partial charge in [-0.3, -0.25) is 57.5 Å². The summed E-state index contributed by atoms with van der Waals surface area (Å²) in [5, 5.41) is 25.9. The van der Waals surface area contributed by atoms with Gasteiger partial charge in [0.25, 0.3) is 0 Å². The summed E-state index contributed by atoms with van der Waals surface area (Å²) < 4.78 is 0. The highest BCUT2D eigenvalue weighted by atomic mass is 16.3. The highest BCUT2D eigenvalue weighted by Crippen LogP contribution is 2.26. The van der Waals surface area contributed by atoms with E-state index < -0.39 is 156 Å². The Morgan fingerprint density at radius 2 is 0.944 bits per heavy atom. The predicted molar refractivity (Wildman–Crippen MR) is 345 cm³/mol. The molecular weight excluding hydrogens is 1160 g/mol. The van der Waals surface area contributed by atoms with Crippen LogP contribution in [0.25, 0.3) is 0 Å².